The minimum atomic E-state index is -3.06. The molecule has 0 aliphatic carbocycles. The molecule has 1 unspecified atom stereocenters. The fraction of sp³-hybridized carbons (Fsp3) is 0.643. The summed E-state index contributed by atoms with van der Waals surface area (Å²) in [4.78, 5) is 13.6. The Balaban J connectivity index is 1.79. The maximum atomic E-state index is 12.2. The highest BCUT2D eigenvalue weighted by Gasteiger charge is 2.34. The molecule has 1 atom stereocenters. The van der Waals surface area contributed by atoms with Crippen LogP contribution in [0.15, 0.2) is 22.8 Å². The van der Waals surface area contributed by atoms with E-state index in [2.05, 4.69) is 5.32 Å². The second kappa shape index (κ2) is 7.64. The van der Waals surface area contributed by atoms with Crippen LogP contribution in [0.2, 0.25) is 0 Å². The van der Waals surface area contributed by atoms with Gasteiger partial charge in [0.25, 0.3) is 0 Å². The van der Waals surface area contributed by atoms with Gasteiger partial charge in [-0.25, -0.2) is 13.2 Å². The molecule has 0 spiro atoms. The number of amides is 2. The summed E-state index contributed by atoms with van der Waals surface area (Å²) in [5.41, 5.74) is 0. The van der Waals surface area contributed by atoms with Gasteiger partial charge in [0.15, 0.2) is 9.84 Å². The molecule has 1 aliphatic rings. The van der Waals surface area contributed by atoms with Crippen LogP contribution in [0, 0.1) is 0 Å². The van der Waals surface area contributed by atoms with Crippen molar-refractivity contribution in [3.63, 3.8) is 0 Å². The highest BCUT2D eigenvalue weighted by Crippen LogP contribution is 2.17. The van der Waals surface area contributed by atoms with Crippen molar-refractivity contribution in [2.75, 3.05) is 31.2 Å². The van der Waals surface area contributed by atoms with Gasteiger partial charge >= 0.3 is 6.03 Å². The van der Waals surface area contributed by atoms with Crippen molar-refractivity contribution >= 4 is 15.9 Å². The number of carbonyl (C=O) groups is 1. The van der Waals surface area contributed by atoms with Gasteiger partial charge in [-0.3, -0.25) is 0 Å². The average Bonchev–Trinajstić information content (AvgIpc) is 3.10. The molecule has 0 aromatic carbocycles. The van der Waals surface area contributed by atoms with E-state index >= 15 is 0 Å². The van der Waals surface area contributed by atoms with Crippen LogP contribution in [0.5, 0.6) is 0 Å². The molecule has 22 heavy (non-hydrogen) atoms. The summed E-state index contributed by atoms with van der Waals surface area (Å²) >= 11 is 0. The quantitative estimate of drug-likeness (QED) is 0.705. The van der Waals surface area contributed by atoms with Crippen LogP contribution in [0.4, 0.5) is 4.79 Å². The van der Waals surface area contributed by atoms with E-state index in [-0.39, 0.29) is 36.7 Å². The standard InChI is InChI=1S/C14H22N2O5S/c17-8-7-16(12-5-10-22(19,20)11-12)14(18)15-6-1-3-13-4-2-9-21-13/h2,4,9,12,17H,1,3,5-8,10-11H2,(H,15,18). The third-order valence-electron chi connectivity index (χ3n) is 3.71. The minimum Gasteiger partial charge on any atom is -0.469 e. The number of aryl methyl sites for hydroxylation is 1. The molecule has 2 amide bonds. The van der Waals surface area contributed by atoms with E-state index in [0.717, 1.165) is 18.6 Å². The maximum absolute atomic E-state index is 12.2. The van der Waals surface area contributed by atoms with Crippen molar-refractivity contribution in [2.45, 2.75) is 25.3 Å². The molecule has 8 heteroatoms. The molecule has 2 heterocycles. The number of urea groups is 1. The van der Waals surface area contributed by atoms with E-state index in [1.165, 1.54) is 4.90 Å². The Hall–Kier alpha value is -1.54. The van der Waals surface area contributed by atoms with Gasteiger partial charge in [-0.2, -0.15) is 0 Å². The van der Waals surface area contributed by atoms with Crippen LogP contribution in [0.25, 0.3) is 0 Å². The number of sulfone groups is 1. The van der Waals surface area contributed by atoms with E-state index < -0.39 is 9.84 Å². The smallest absolute Gasteiger partial charge is 0.317 e. The second-order valence-corrected chi connectivity index (χ2v) is 7.62. The van der Waals surface area contributed by atoms with E-state index in [9.17, 15) is 13.2 Å². The summed E-state index contributed by atoms with van der Waals surface area (Å²) in [6.45, 7) is 0.432. The Labute approximate surface area is 130 Å². The normalized spacial score (nSPS) is 20.0. The molecule has 1 saturated heterocycles. The predicted molar refractivity (Wildman–Crippen MR) is 81.3 cm³/mol. The van der Waals surface area contributed by atoms with Gasteiger partial charge in [0.05, 0.1) is 24.4 Å². The SMILES string of the molecule is O=C(NCCCc1ccco1)N(CCO)C1CCS(=O)(=O)C1. The number of carbonyl (C=O) groups excluding carboxylic acids is 1. The lowest BCUT2D eigenvalue weighted by molar-refractivity contribution is 0.158. The number of hydrogen-bond donors (Lipinski definition) is 2. The Bertz CT molecular complexity index is 570. The largest absolute Gasteiger partial charge is 0.469 e. The molecule has 1 aromatic heterocycles. The number of aliphatic hydroxyl groups is 1. The molecular formula is C14H22N2O5S. The third-order valence-corrected chi connectivity index (χ3v) is 5.46. The molecule has 2 N–H and O–H groups in total. The van der Waals surface area contributed by atoms with Crippen LogP contribution in [0.1, 0.15) is 18.6 Å². The van der Waals surface area contributed by atoms with E-state index in [4.69, 9.17) is 9.52 Å². The van der Waals surface area contributed by atoms with E-state index in [1.54, 1.807) is 6.26 Å². The van der Waals surface area contributed by atoms with Crippen LogP contribution in [-0.2, 0) is 16.3 Å². The summed E-state index contributed by atoms with van der Waals surface area (Å²) in [7, 11) is -3.06. The summed E-state index contributed by atoms with van der Waals surface area (Å²) in [5, 5.41) is 11.9. The van der Waals surface area contributed by atoms with Gasteiger partial charge in [0.1, 0.15) is 5.76 Å². The number of nitrogens with zero attached hydrogens (tertiary/aromatic N) is 1. The minimum absolute atomic E-state index is 0.0210. The fourth-order valence-electron chi connectivity index (χ4n) is 2.59. The molecule has 1 aromatic rings. The Morgan fingerprint density at radius 2 is 2.32 bits per heavy atom. The summed E-state index contributed by atoms with van der Waals surface area (Å²) in [6, 6.07) is 3.03. The number of hydrogen-bond acceptors (Lipinski definition) is 5. The highest BCUT2D eigenvalue weighted by molar-refractivity contribution is 7.91. The van der Waals surface area contributed by atoms with Crippen LogP contribution in [0.3, 0.4) is 0 Å². The lowest BCUT2D eigenvalue weighted by atomic mass is 10.2. The summed E-state index contributed by atoms with van der Waals surface area (Å²) < 4.78 is 28.3. The first-order valence-electron chi connectivity index (χ1n) is 7.40. The highest BCUT2D eigenvalue weighted by atomic mass is 32.2. The number of rotatable bonds is 7. The molecule has 0 saturated carbocycles. The van der Waals surface area contributed by atoms with Gasteiger partial charge < -0.3 is 19.7 Å². The molecular weight excluding hydrogens is 308 g/mol. The molecule has 124 valence electrons. The van der Waals surface area contributed by atoms with Gasteiger partial charge in [0, 0.05) is 25.6 Å². The molecule has 0 radical (unpaired) electrons. The average molecular weight is 330 g/mol. The maximum Gasteiger partial charge on any atom is 0.317 e. The molecule has 0 bridgehead atoms. The number of furan rings is 1. The van der Waals surface area contributed by atoms with Crippen molar-refractivity contribution in [1.29, 1.82) is 0 Å². The lowest BCUT2D eigenvalue weighted by Crippen LogP contribution is -2.48. The van der Waals surface area contributed by atoms with Crippen molar-refractivity contribution in [2.24, 2.45) is 0 Å². The first-order valence-corrected chi connectivity index (χ1v) is 9.22. The van der Waals surface area contributed by atoms with Gasteiger partial charge in [-0.15, -0.1) is 0 Å². The van der Waals surface area contributed by atoms with Gasteiger partial charge in [-0.05, 0) is 25.0 Å². The van der Waals surface area contributed by atoms with Crippen molar-refractivity contribution < 1.29 is 22.7 Å². The number of aliphatic hydroxyl groups excluding tert-OH is 1. The molecule has 1 fully saturated rings. The zero-order chi connectivity index (χ0) is 16.0. The number of nitrogens with one attached hydrogen (secondary N) is 1. The molecule has 2 rings (SSSR count). The van der Waals surface area contributed by atoms with Crippen molar-refractivity contribution in [3.8, 4) is 0 Å². The molecule has 7 nitrogen and oxygen atoms in total. The zero-order valence-electron chi connectivity index (χ0n) is 12.4. The van der Waals surface area contributed by atoms with Crippen LogP contribution >= 0.6 is 0 Å². The zero-order valence-corrected chi connectivity index (χ0v) is 13.2. The topological polar surface area (TPSA) is 99.8 Å². The van der Waals surface area contributed by atoms with Crippen molar-refractivity contribution in [1.82, 2.24) is 10.2 Å². The fourth-order valence-corrected chi connectivity index (χ4v) is 4.32. The van der Waals surface area contributed by atoms with Crippen molar-refractivity contribution in [3.05, 3.63) is 24.2 Å². The summed E-state index contributed by atoms with van der Waals surface area (Å²) in [6.07, 6.45) is 3.50. The predicted octanol–water partition coefficient (Wildman–Crippen LogP) is 0.403. The Morgan fingerprint density at radius 3 is 2.91 bits per heavy atom. The summed E-state index contributed by atoms with van der Waals surface area (Å²) in [5.74, 6) is 0.946. The Morgan fingerprint density at radius 1 is 1.50 bits per heavy atom. The lowest BCUT2D eigenvalue weighted by Gasteiger charge is -2.27. The van der Waals surface area contributed by atoms with E-state index in [0.29, 0.717) is 13.0 Å². The Kier molecular flexibility index (Phi) is 5.84. The van der Waals surface area contributed by atoms with Gasteiger partial charge in [-0.1, -0.05) is 0 Å². The monoisotopic (exact) mass is 330 g/mol. The third kappa shape index (κ3) is 4.74. The van der Waals surface area contributed by atoms with Gasteiger partial charge in [0.2, 0.25) is 0 Å². The first-order chi connectivity index (χ1) is 10.5. The molecule has 1 aliphatic heterocycles. The second-order valence-electron chi connectivity index (χ2n) is 5.39. The van der Waals surface area contributed by atoms with E-state index in [1.807, 2.05) is 12.1 Å². The van der Waals surface area contributed by atoms with Crippen LogP contribution in [-0.4, -0.2) is 61.7 Å². The van der Waals surface area contributed by atoms with Crippen LogP contribution < -0.4 is 5.32 Å². The first kappa shape index (κ1) is 16.8.